The largest absolute Gasteiger partial charge is 0.355 e. The Morgan fingerprint density at radius 3 is 2.68 bits per heavy atom. The van der Waals surface area contributed by atoms with Gasteiger partial charge < -0.3 is 15.2 Å². The van der Waals surface area contributed by atoms with E-state index in [1.165, 1.54) is 6.42 Å². The lowest BCUT2D eigenvalue weighted by Crippen LogP contribution is -2.32. The van der Waals surface area contributed by atoms with Crippen molar-refractivity contribution in [3.63, 3.8) is 0 Å². The summed E-state index contributed by atoms with van der Waals surface area (Å²) in [6, 6.07) is 2.51. The lowest BCUT2D eigenvalue weighted by molar-refractivity contribution is 0.315. The smallest absolute Gasteiger partial charge is 0.145 e. The van der Waals surface area contributed by atoms with Gasteiger partial charge in [0.15, 0.2) is 0 Å². The maximum Gasteiger partial charge on any atom is 0.145 e. The fourth-order valence-electron chi connectivity index (χ4n) is 2.32. The molecule has 2 heterocycles. The molecule has 1 aromatic rings. The number of nitrogen functional groups attached to an aromatic ring is 1. The van der Waals surface area contributed by atoms with E-state index in [1.807, 2.05) is 6.07 Å². The molecule has 0 bridgehead atoms. The second kappa shape index (κ2) is 5.71. The zero-order valence-corrected chi connectivity index (χ0v) is 12.2. The first kappa shape index (κ1) is 14.0. The van der Waals surface area contributed by atoms with Crippen molar-refractivity contribution in [3.05, 3.63) is 11.9 Å². The van der Waals surface area contributed by atoms with E-state index in [2.05, 4.69) is 53.1 Å². The van der Waals surface area contributed by atoms with Gasteiger partial charge in [-0.15, -0.1) is 0 Å². The lowest BCUT2D eigenvalue weighted by atomic mass is 10.2. The van der Waals surface area contributed by atoms with Gasteiger partial charge >= 0.3 is 0 Å². The van der Waals surface area contributed by atoms with Gasteiger partial charge in [-0.3, -0.25) is 0 Å². The molecule has 1 aliphatic heterocycles. The average Bonchev–Trinajstić information content (AvgIpc) is 2.87. The van der Waals surface area contributed by atoms with Crippen molar-refractivity contribution >= 4 is 11.6 Å². The van der Waals surface area contributed by atoms with Crippen LogP contribution >= 0.6 is 0 Å². The molecule has 19 heavy (non-hydrogen) atoms. The quantitative estimate of drug-likeness (QED) is 0.625. The van der Waals surface area contributed by atoms with Crippen LogP contribution in [-0.4, -0.2) is 48.1 Å². The second-order valence-electron chi connectivity index (χ2n) is 5.62. The molecule has 1 unspecified atom stereocenters. The minimum atomic E-state index is 0.291. The van der Waals surface area contributed by atoms with Crippen molar-refractivity contribution in [1.82, 2.24) is 14.9 Å². The molecule has 0 radical (unpaired) electrons. The summed E-state index contributed by atoms with van der Waals surface area (Å²) in [7, 11) is 4.25. The van der Waals surface area contributed by atoms with E-state index in [4.69, 9.17) is 5.84 Å². The van der Waals surface area contributed by atoms with Crippen molar-refractivity contribution in [1.29, 1.82) is 0 Å². The number of hydrogen-bond donors (Lipinski definition) is 2. The normalized spacial score (nSPS) is 19.5. The minimum absolute atomic E-state index is 0.291. The molecule has 1 fully saturated rings. The maximum absolute atomic E-state index is 5.49. The Hall–Kier alpha value is -1.40. The lowest BCUT2D eigenvalue weighted by Gasteiger charge is -2.22. The van der Waals surface area contributed by atoms with Crippen LogP contribution in [0.1, 0.15) is 32.0 Å². The van der Waals surface area contributed by atoms with Crippen molar-refractivity contribution in [2.75, 3.05) is 37.5 Å². The number of nitrogens with two attached hydrogens (primary N) is 1. The molecular formula is C13H24N6. The van der Waals surface area contributed by atoms with E-state index in [-0.39, 0.29) is 0 Å². The Bertz CT molecular complexity index is 431. The Balaban J connectivity index is 2.22. The highest BCUT2D eigenvalue weighted by atomic mass is 15.3. The average molecular weight is 264 g/mol. The van der Waals surface area contributed by atoms with Crippen LogP contribution in [0.25, 0.3) is 0 Å². The number of anilines is 2. The van der Waals surface area contributed by atoms with Crippen molar-refractivity contribution in [2.24, 2.45) is 5.84 Å². The Morgan fingerprint density at radius 1 is 1.42 bits per heavy atom. The summed E-state index contributed by atoms with van der Waals surface area (Å²) in [5.41, 5.74) is 2.63. The predicted molar refractivity (Wildman–Crippen MR) is 78.2 cm³/mol. The van der Waals surface area contributed by atoms with Crippen molar-refractivity contribution in [2.45, 2.75) is 32.2 Å². The molecule has 1 aliphatic rings. The molecule has 1 saturated heterocycles. The number of rotatable bonds is 4. The molecule has 2 rings (SSSR count). The van der Waals surface area contributed by atoms with Gasteiger partial charge in [-0.2, -0.15) is 0 Å². The number of likely N-dealkylation sites (N-methyl/N-ethyl adjacent to an activating group) is 1. The number of nitrogens with one attached hydrogen (secondary N) is 1. The third kappa shape index (κ3) is 3.13. The SMILES string of the molecule is CC(C)c1nc(NN)cc(N2CCC(N(C)C)C2)n1. The molecule has 0 amide bonds. The highest BCUT2D eigenvalue weighted by Crippen LogP contribution is 2.24. The van der Waals surface area contributed by atoms with Gasteiger partial charge in [0.2, 0.25) is 0 Å². The van der Waals surface area contributed by atoms with Crippen LogP contribution in [0.15, 0.2) is 6.07 Å². The molecule has 0 spiro atoms. The van der Waals surface area contributed by atoms with Crippen LogP contribution in [0.3, 0.4) is 0 Å². The first-order chi connectivity index (χ1) is 9.01. The molecule has 1 aromatic heterocycles. The zero-order chi connectivity index (χ0) is 14.0. The summed E-state index contributed by atoms with van der Waals surface area (Å²) in [4.78, 5) is 13.6. The van der Waals surface area contributed by atoms with E-state index in [1.54, 1.807) is 0 Å². The highest BCUT2D eigenvalue weighted by Gasteiger charge is 2.25. The molecule has 6 nitrogen and oxygen atoms in total. The van der Waals surface area contributed by atoms with E-state index >= 15 is 0 Å². The molecular weight excluding hydrogens is 240 g/mol. The van der Waals surface area contributed by atoms with Gasteiger partial charge in [0.1, 0.15) is 17.5 Å². The van der Waals surface area contributed by atoms with Crippen molar-refractivity contribution < 1.29 is 0 Å². The fourth-order valence-corrected chi connectivity index (χ4v) is 2.32. The molecule has 6 heteroatoms. The van der Waals surface area contributed by atoms with Crippen LogP contribution in [0.4, 0.5) is 11.6 Å². The summed E-state index contributed by atoms with van der Waals surface area (Å²) >= 11 is 0. The monoisotopic (exact) mass is 264 g/mol. The Morgan fingerprint density at radius 2 is 2.16 bits per heavy atom. The molecule has 1 atom stereocenters. The van der Waals surface area contributed by atoms with E-state index < -0.39 is 0 Å². The van der Waals surface area contributed by atoms with Gasteiger partial charge in [0.25, 0.3) is 0 Å². The maximum atomic E-state index is 5.49. The summed E-state index contributed by atoms with van der Waals surface area (Å²) < 4.78 is 0. The van der Waals surface area contributed by atoms with Crippen LogP contribution in [0.2, 0.25) is 0 Å². The number of hydrazine groups is 1. The molecule has 0 saturated carbocycles. The van der Waals surface area contributed by atoms with Crippen LogP contribution in [0.5, 0.6) is 0 Å². The third-order valence-corrected chi connectivity index (χ3v) is 3.61. The van der Waals surface area contributed by atoms with Gasteiger partial charge in [-0.25, -0.2) is 15.8 Å². The van der Waals surface area contributed by atoms with E-state index in [9.17, 15) is 0 Å². The van der Waals surface area contributed by atoms with Crippen LogP contribution in [-0.2, 0) is 0 Å². The van der Waals surface area contributed by atoms with Crippen LogP contribution in [0, 0.1) is 0 Å². The standard InChI is InChI=1S/C13H24N6/c1-9(2)13-15-11(17-14)7-12(16-13)19-6-5-10(8-19)18(3)4/h7,9-10H,5-6,8,14H2,1-4H3,(H,15,16,17). The number of hydrogen-bond acceptors (Lipinski definition) is 6. The first-order valence-electron chi connectivity index (χ1n) is 6.78. The summed E-state index contributed by atoms with van der Waals surface area (Å²) in [5, 5.41) is 0. The third-order valence-electron chi connectivity index (χ3n) is 3.61. The summed E-state index contributed by atoms with van der Waals surface area (Å²) in [6.45, 7) is 6.21. The van der Waals surface area contributed by atoms with E-state index in [0.29, 0.717) is 17.8 Å². The van der Waals surface area contributed by atoms with Gasteiger partial charge in [0, 0.05) is 31.1 Å². The van der Waals surface area contributed by atoms with Crippen LogP contribution < -0.4 is 16.2 Å². The number of nitrogens with zero attached hydrogens (tertiary/aromatic N) is 4. The Labute approximate surface area is 115 Å². The zero-order valence-electron chi connectivity index (χ0n) is 12.2. The topological polar surface area (TPSA) is 70.3 Å². The predicted octanol–water partition coefficient (Wildman–Crippen LogP) is 1.03. The van der Waals surface area contributed by atoms with Gasteiger partial charge in [-0.05, 0) is 20.5 Å². The summed E-state index contributed by atoms with van der Waals surface area (Å²) in [5.74, 6) is 8.27. The van der Waals surface area contributed by atoms with Gasteiger partial charge in [-0.1, -0.05) is 13.8 Å². The Kier molecular flexibility index (Phi) is 4.21. The first-order valence-corrected chi connectivity index (χ1v) is 6.78. The molecule has 0 aromatic carbocycles. The summed E-state index contributed by atoms with van der Waals surface area (Å²) in [6.07, 6.45) is 1.17. The molecule has 106 valence electrons. The molecule has 3 N–H and O–H groups in total. The molecule has 0 aliphatic carbocycles. The highest BCUT2D eigenvalue weighted by molar-refractivity contribution is 5.50. The number of aromatic nitrogens is 2. The van der Waals surface area contributed by atoms with Gasteiger partial charge in [0.05, 0.1) is 0 Å². The minimum Gasteiger partial charge on any atom is -0.355 e. The second-order valence-corrected chi connectivity index (χ2v) is 5.62. The fraction of sp³-hybridized carbons (Fsp3) is 0.692. The van der Waals surface area contributed by atoms with E-state index in [0.717, 1.165) is 24.7 Å². The van der Waals surface area contributed by atoms with Crippen molar-refractivity contribution in [3.8, 4) is 0 Å².